The SMILES string of the molecule is CCOc1cccc(NS(=O)(=O)c2ccc(Cl)c(Br)c2)c1. The minimum atomic E-state index is -3.68. The van der Waals surface area contributed by atoms with Crippen LogP contribution >= 0.6 is 27.5 Å². The van der Waals surface area contributed by atoms with E-state index in [0.717, 1.165) is 0 Å². The molecule has 0 bridgehead atoms. The minimum absolute atomic E-state index is 0.126. The largest absolute Gasteiger partial charge is 0.494 e. The molecular weight excluding hydrogens is 378 g/mol. The van der Waals surface area contributed by atoms with Crippen LogP contribution in [0.3, 0.4) is 0 Å². The number of nitrogens with one attached hydrogen (secondary N) is 1. The summed E-state index contributed by atoms with van der Waals surface area (Å²) in [5.74, 6) is 0.606. The van der Waals surface area contributed by atoms with Gasteiger partial charge in [0.2, 0.25) is 0 Å². The lowest BCUT2D eigenvalue weighted by molar-refractivity contribution is 0.340. The zero-order valence-corrected chi connectivity index (χ0v) is 14.3. The van der Waals surface area contributed by atoms with Crippen molar-refractivity contribution in [3.05, 3.63) is 52.0 Å². The van der Waals surface area contributed by atoms with Crippen LogP contribution < -0.4 is 9.46 Å². The second kappa shape index (κ2) is 6.68. The lowest BCUT2D eigenvalue weighted by Gasteiger charge is -2.10. The van der Waals surface area contributed by atoms with Gasteiger partial charge >= 0.3 is 0 Å². The van der Waals surface area contributed by atoms with E-state index in [1.807, 2.05) is 6.92 Å². The summed E-state index contributed by atoms with van der Waals surface area (Å²) in [7, 11) is -3.68. The predicted molar refractivity (Wildman–Crippen MR) is 87.6 cm³/mol. The lowest BCUT2D eigenvalue weighted by Crippen LogP contribution is -2.13. The number of ether oxygens (including phenoxy) is 1. The third-order valence-electron chi connectivity index (χ3n) is 2.60. The van der Waals surface area contributed by atoms with Gasteiger partial charge in [-0.05, 0) is 53.2 Å². The predicted octanol–water partition coefficient (Wildman–Crippen LogP) is 4.30. The van der Waals surface area contributed by atoms with Crippen molar-refractivity contribution < 1.29 is 13.2 Å². The minimum Gasteiger partial charge on any atom is -0.494 e. The molecule has 0 atom stereocenters. The van der Waals surface area contributed by atoms with Crippen LogP contribution in [0.25, 0.3) is 0 Å². The highest BCUT2D eigenvalue weighted by Gasteiger charge is 2.15. The molecule has 4 nitrogen and oxygen atoms in total. The Kier molecular flexibility index (Phi) is 5.13. The van der Waals surface area contributed by atoms with Crippen molar-refractivity contribution in [1.82, 2.24) is 0 Å². The normalized spacial score (nSPS) is 11.2. The van der Waals surface area contributed by atoms with Gasteiger partial charge in [-0.15, -0.1) is 0 Å². The molecule has 0 aliphatic rings. The summed E-state index contributed by atoms with van der Waals surface area (Å²) < 4.78 is 33.0. The van der Waals surface area contributed by atoms with Crippen molar-refractivity contribution in [1.29, 1.82) is 0 Å². The molecule has 0 saturated carbocycles. The van der Waals surface area contributed by atoms with E-state index in [2.05, 4.69) is 20.7 Å². The molecule has 0 unspecified atom stereocenters. The molecule has 7 heteroatoms. The van der Waals surface area contributed by atoms with Crippen molar-refractivity contribution in [3.8, 4) is 5.75 Å². The van der Waals surface area contributed by atoms with Crippen molar-refractivity contribution in [3.63, 3.8) is 0 Å². The van der Waals surface area contributed by atoms with E-state index >= 15 is 0 Å². The van der Waals surface area contributed by atoms with Crippen LogP contribution in [0.2, 0.25) is 5.02 Å². The van der Waals surface area contributed by atoms with Crippen LogP contribution in [0, 0.1) is 0 Å². The quantitative estimate of drug-likeness (QED) is 0.828. The van der Waals surface area contributed by atoms with Gasteiger partial charge in [-0.2, -0.15) is 0 Å². The van der Waals surface area contributed by atoms with Gasteiger partial charge in [-0.3, -0.25) is 4.72 Å². The molecule has 2 aromatic carbocycles. The molecule has 2 aromatic rings. The third-order valence-corrected chi connectivity index (χ3v) is 5.19. The van der Waals surface area contributed by atoms with Gasteiger partial charge in [-0.1, -0.05) is 17.7 Å². The number of benzene rings is 2. The molecule has 0 amide bonds. The number of anilines is 1. The molecule has 112 valence electrons. The van der Waals surface area contributed by atoms with Gasteiger partial charge in [-0.25, -0.2) is 8.42 Å². The van der Waals surface area contributed by atoms with Crippen LogP contribution in [-0.2, 0) is 10.0 Å². The Bertz CT molecular complexity index is 750. The molecule has 2 rings (SSSR count). The summed E-state index contributed by atoms with van der Waals surface area (Å²) in [6.45, 7) is 2.38. The molecule has 0 aliphatic heterocycles. The first-order valence-electron chi connectivity index (χ1n) is 6.13. The molecule has 21 heavy (non-hydrogen) atoms. The number of hydrogen-bond acceptors (Lipinski definition) is 3. The molecule has 0 heterocycles. The maximum Gasteiger partial charge on any atom is 0.261 e. The van der Waals surface area contributed by atoms with Gasteiger partial charge in [0.25, 0.3) is 10.0 Å². The Hall–Kier alpha value is -1.24. The number of rotatable bonds is 5. The van der Waals surface area contributed by atoms with Gasteiger partial charge in [0.1, 0.15) is 5.75 Å². The summed E-state index contributed by atoms with van der Waals surface area (Å²) >= 11 is 9.08. The monoisotopic (exact) mass is 389 g/mol. The van der Waals surface area contributed by atoms with Gasteiger partial charge in [0.15, 0.2) is 0 Å². The molecule has 0 fully saturated rings. The molecule has 0 aliphatic carbocycles. The highest BCUT2D eigenvalue weighted by Crippen LogP contribution is 2.27. The molecular formula is C14H13BrClNO3S. The molecule has 0 saturated heterocycles. The van der Waals surface area contributed by atoms with Crippen molar-refractivity contribution in [2.75, 3.05) is 11.3 Å². The van der Waals surface area contributed by atoms with Gasteiger partial charge in [0.05, 0.1) is 22.2 Å². The summed E-state index contributed by atoms with van der Waals surface area (Å²) in [6.07, 6.45) is 0. The Morgan fingerprint density at radius 2 is 2.00 bits per heavy atom. The van der Waals surface area contributed by atoms with Crippen molar-refractivity contribution in [2.45, 2.75) is 11.8 Å². The van der Waals surface area contributed by atoms with E-state index in [4.69, 9.17) is 16.3 Å². The van der Waals surface area contributed by atoms with Crippen molar-refractivity contribution in [2.24, 2.45) is 0 Å². The second-order valence-corrected chi connectivity index (χ2v) is 7.09. The Morgan fingerprint density at radius 3 is 2.67 bits per heavy atom. The maximum absolute atomic E-state index is 12.3. The Morgan fingerprint density at radius 1 is 1.24 bits per heavy atom. The van der Waals surface area contributed by atoms with E-state index in [-0.39, 0.29) is 4.90 Å². The highest BCUT2D eigenvalue weighted by atomic mass is 79.9. The summed E-state index contributed by atoms with van der Waals surface area (Å²) in [5.41, 5.74) is 0.437. The smallest absolute Gasteiger partial charge is 0.261 e. The summed E-state index contributed by atoms with van der Waals surface area (Å²) in [4.78, 5) is 0.126. The molecule has 1 N–H and O–H groups in total. The fraction of sp³-hybridized carbons (Fsp3) is 0.143. The average Bonchev–Trinajstić information content (AvgIpc) is 2.42. The first-order valence-corrected chi connectivity index (χ1v) is 8.78. The van der Waals surface area contributed by atoms with Gasteiger partial charge in [0, 0.05) is 10.5 Å². The van der Waals surface area contributed by atoms with Crippen molar-refractivity contribution >= 4 is 43.2 Å². The van der Waals surface area contributed by atoms with E-state index in [9.17, 15) is 8.42 Å². The standard InChI is InChI=1S/C14H13BrClNO3S/c1-2-20-11-5-3-4-10(8-11)17-21(18,19)12-6-7-14(16)13(15)9-12/h3-9,17H,2H2,1H3. The number of sulfonamides is 1. The summed E-state index contributed by atoms with van der Waals surface area (Å²) in [5, 5.41) is 0.451. The first kappa shape index (κ1) is 16.1. The second-order valence-electron chi connectivity index (χ2n) is 4.14. The zero-order valence-electron chi connectivity index (χ0n) is 11.1. The van der Waals surface area contributed by atoms with Crippen LogP contribution in [0.5, 0.6) is 5.75 Å². The van der Waals surface area contributed by atoms with Crippen LogP contribution in [0.1, 0.15) is 6.92 Å². The van der Waals surface area contributed by atoms with E-state index in [1.165, 1.54) is 18.2 Å². The van der Waals surface area contributed by atoms with Crippen LogP contribution in [0.15, 0.2) is 51.8 Å². The van der Waals surface area contributed by atoms with Crippen LogP contribution in [0.4, 0.5) is 5.69 Å². The summed E-state index contributed by atoms with van der Waals surface area (Å²) in [6, 6.07) is 11.2. The highest BCUT2D eigenvalue weighted by molar-refractivity contribution is 9.10. The average molecular weight is 391 g/mol. The lowest BCUT2D eigenvalue weighted by atomic mass is 10.3. The van der Waals surface area contributed by atoms with E-state index in [1.54, 1.807) is 24.3 Å². The topological polar surface area (TPSA) is 55.4 Å². The molecule has 0 aromatic heterocycles. The van der Waals surface area contributed by atoms with E-state index < -0.39 is 10.0 Å². The zero-order chi connectivity index (χ0) is 15.5. The third kappa shape index (κ3) is 4.12. The Labute approximate surface area is 137 Å². The fourth-order valence-corrected chi connectivity index (χ4v) is 3.40. The van der Waals surface area contributed by atoms with Gasteiger partial charge < -0.3 is 4.74 Å². The Balaban J connectivity index is 2.28. The fourth-order valence-electron chi connectivity index (χ4n) is 1.67. The number of halogens is 2. The first-order chi connectivity index (χ1) is 9.92. The van der Waals surface area contributed by atoms with Crippen LogP contribution in [-0.4, -0.2) is 15.0 Å². The maximum atomic E-state index is 12.3. The number of hydrogen-bond donors (Lipinski definition) is 1. The molecule has 0 spiro atoms. The van der Waals surface area contributed by atoms with E-state index in [0.29, 0.717) is 27.5 Å². The molecule has 0 radical (unpaired) electrons.